The van der Waals surface area contributed by atoms with Crippen LogP contribution in [0.15, 0.2) is 24.3 Å². The largest absolute Gasteiger partial charge is 0.493 e. The molecule has 2 nitrogen and oxygen atoms in total. The van der Waals surface area contributed by atoms with Gasteiger partial charge >= 0.3 is 0 Å². The van der Waals surface area contributed by atoms with E-state index >= 15 is 0 Å². The van der Waals surface area contributed by atoms with Crippen molar-refractivity contribution < 1.29 is 4.74 Å². The van der Waals surface area contributed by atoms with Crippen LogP contribution in [0, 0.1) is 0 Å². The summed E-state index contributed by atoms with van der Waals surface area (Å²) in [5.74, 6) is 0.934. The lowest BCUT2D eigenvalue weighted by Gasteiger charge is -2.13. The normalized spacial score (nSPS) is 12.5. The van der Waals surface area contributed by atoms with E-state index in [0.29, 0.717) is 0 Å². The zero-order valence-corrected chi connectivity index (χ0v) is 9.70. The molecule has 2 heteroatoms. The molecule has 0 aromatic heterocycles. The number of benzene rings is 1. The highest BCUT2D eigenvalue weighted by atomic mass is 16.5. The molecule has 84 valence electrons. The number of rotatable bonds is 6. The van der Waals surface area contributed by atoms with E-state index in [1.807, 2.05) is 31.2 Å². The third kappa shape index (κ3) is 3.92. The third-order valence-corrected chi connectivity index (χ3v) is 2.42. The maximum atomic E-state index is 5.86. The number of para-hydroxylation sites is 1. The van der Waals surface area contributed by atoms with Crippen LogP contribution < -0.4 is 10.5 Å². The van der Waals surface area contributed by atoms with Crippen molar-refractivity contribution in [2.75, 3.05) is 6.61 Å². The third-order valence-electron chi connectivity index (χ3n) is 2.42. The summed E-state index contributed by atoms with van der Waals surface area (Å²) >= 11 is 0. The number of nitrogens with two attached hydrogens (primary N) is 1. The minimum absolute atomic E-state index is 0.0346. The summed E-state index contributed by atoms with van der Waals surface area (Å²) in [5, 5.41) is 0. The van der Waals surface area contributed by atoms with Crippen molar-refractivity contribution >= 4 is 0 Å². The fraction of sp³-hybridized carbons (Fsp3) is 0.538. The summed E-state index contributed by atoms with van der Waals surface area (Å²) in [7, 11) is 0. The molecule has 1 atom stereocenters. The monoisotopic (exact) mass is 207 g/mol. The maximum absolute atomic E-state index is 5.86. The standard InChI is InChI=1S/C13H21NO/c1-3-4-7-10-15-13-9-6-5-8-12(13)11(2)14/h5-6,8-9,11H,3-4,7,10,14H2,1-2H3/t11-/m0/s1. The van der Waals surface area contributed by atoms with Crippen molar-refractivity contribution in [2.24, 2.45) is 5.73 Å². The maximum Gasteiger partial charge on any atom is 0.124 e. The highest BCUT2D eigenvalue weighted by Crippen LogP contribution is 2.23. The fourth-order valence-electron chi connectivity index (χ4n) is 1.52. The first-order valence-electron chi connectivity index (χ1n) is 5.73. The molecule has 2 N–H and O–H groups in total. The van der Waals surface area contributed by atoms with Gasteiger partial charge in [-0.15, -0.1) is 0 Å². The highest BCUT2D eigenvalue weighted by Gasteiger charge is 2.06. The summed E-state index contributed by atoms with van der Waals surface area (Å²) in [5.41, 5.74) is 6.96. The molecule has 1 rings (SSSR count). The molecule has 15 heavy (non-hydrogen) atoms. The highest BCUT2D eigenvalue weighted by molar-refractivity contribution is 5.35. The summed E-state index contributed by atoms with van der Waals surface area (Å²) in [6, 6.07) is 8.04. The van der Waals surface area contributed by atoms with E-state index in [2.05, 4.69) is 6.92 Å². The molecule has 0 amide bonds. The Labute approximate surface area is 92.4 Å². The molecule has 0 fully saturated rings. The van der Waals surface area contributed by atoms with E-state index in [4.69, 9.17) is 10.5 Å². The van der Waals surface area contributed by atoms with Gasteiger partial charge in [-0.05, 0) is 19.4 Å². The van der Waals surface area contributed by atoms with Gasteiger partial charge in [0.05, 0.1) is 6.61 Å². The van der Waals surface area contributed by atoms with Crippen LogP contribution in [-0.2, 0) is 0 Å². The van der Waals surface area contributed by atoms with E-state index in [9.17, 15) is 0 Å². The van der Waals surface area contributed by atoms with Crippen molar-refractivity contribution in [2.45, 2.75) is 39.2 Å². The van der Waals surface area contributed by atoms with Crippen LogP contribution in [0.3, 0.4) is 0 Å². The molecule has 0 aliphatic rings. The van der Waals surface area contributed by atoms with Crippen LogP contribution in [0.4, 0.5) is 0 Å². The van der Waals surface area contributed by atoms with E-state index in [0.717, 1.165) is 24.3 Å². The van der Waals surface area contributed by atoms with Crippen molar-refractivity contribution in [3.63, 3.8) is 0 Å². The van der Waals surface area contributed by atoms with Gasteiger partial charge in [-0.25, -0.2) is 0 Å². The Hall–Kier alpha value is -1.02. The van der Waals surface area contributed by atoms with Gasteiger partial charge in [0.2, 0.25) is 0 Å². The predicted molar refractivity (Wildman–Crippen MR) is 64.1 cm³/mol. The molecule has 0 radical (unpaired) electrons. The molecule has 0 heterocycles. The second-order valence-electron chi connectivity index (χ2n) is 3.88. The average Bonchev–Trinajstić information content (AvgIpc) is 2.25. The van der Waals surface area contributed by atoms with Crippen LogP contribution in [0.1, 0.15) is 44.7 Å². The topological polar surface area (TPSA) is 35.2 Å². The molecule has 0 unspecified atom stereocenters. The quantitative estimate of drug-likeness (QED) is 0.726. The molecular formula is C13H21NO. The zero-order valence-electron chi connectivity index (χ0n) is 9.70. The Bertz CT molecular complexity index is 284. The van der Waals surface area contributed by atoms with Crippen LogP contribution >= 0.6 is 0 Å². The van der Waals surface area contributed by atoms with Crippen LogP contribution in [0.5, 0.6) is 5.75 Å². The first-order valence-corrected chi connectivity index (χ1v) is 5.73. The van der Waals surface area contributed by atoms with Crippen LogP contribution in [0.2, 0.25) is 0 Å². The van der Waals surface area contributed by atoms with Crippen molar-refractivity contribution in [3.8, 4) is 5.75 Å². The Morgan fingerprint density at radius 1 is 1.27 bits per heavy atom. The second kappa shape index (κ2) is 6.46. The van der Waals surface area contributed by atoms with Gasteiger partial charge in [-0.3, -0.25) is 0 Å². The fourth-order valence-corrected chi connectivity index (χ4v) is 1.52. The van der Waals surface area contributed by atoms with E-state index < -0.39 is 0 Å². The van der Waals surface area contributed by atoms with Gasteiger partial charge in [0.15, 0.2) is 0 Å². The lowest BCUT2D eigenvalue weighted by Crippen LogP contribution is -2.08. The van der Waals surface area contributed by atoms with Gasteiger partial charge < -0.3 is 10.5 Å². The van der Waals surface area contributed by atoms with E-state index in [1.54, 1.807) is 0 Å². The van der Waals surface area contributed by atoms with Gasteiger partial charge in [-0.2, -0.15) is 0 Å². The predicted octanol–water partition coefficient (Wildman–Crippen LogP) is 3.28. The molecule has 0 saturated carbocycles. The number of unbranched alkanes of at least 4 members (excludes halogenated alkanes) is 2. The molecular weight excluding hydrogens is 186 g/mol. The van der Waals surface area contributed by atoms with Gasteiger partial charge in [0, 0.05) is 11.6 Å². The number of hydrogen-bond acceptors (Lipinski definition) is 2. The zero-order chi connectivity index (χ0) is 11.1. The minimum atomic E-state index is 0.0346. The number of hydrogen-bond donors (Lipinski definition) is 1. The first kappa shape index (κ1) is 12.1. The summed E-state index contributed by atoms with van der Waals surface area (Å²) < 4.78 is 5.72. The first-order chi connectivity index (χ1) is 7.25. The minimum Gasteiger partial charge on any atom is -0.493 e. The summed E-state index contributed by atoms with van der Waals surface area (Å²) in [4.78, 5) is 0. The summed E-state index contributed by atoms with van der Waals surface area (Å²) in [6.45, 7) is 4.96. The molecule has 0 aliphatic heterocycles. The Morgan fingerprint density at radius 3 is 2.67 bits per heavy atom. The van der Waals surface area contributed by atoms with Gasteiger partial charge in [0.1, 0.15) is 5.75 Å². The van der Waals surface area contributed by atoms with Crippen molar-refractivity contribution in [3.05, 3.63) is 29.8 Å². The van der Waals surface area contributed by atoms with Crippen molar-refractivity contribution in [1.29, 1.82) is 0 Å². The van der Waals surface area contributed by atoms with Crippen LogP contribution in [0.25, 0.3) is 0 Å². The van der Waals surface area contributed by atoms with E-state index in [1.165, 1.54) is 12.8 Å². The SMILES string of the molecule is CCCCCOc1ccccc1[C@H](C)N. The molecule has 1 aromatic rings. The molecule has 0 saturated heterocycles. The molecule has 1 aromatic carbocycles. The second-order valence-corrected chi connectivity index (χ2v) is 3.88. The lowest BCUT2D eigenvalue weighted by molar-refractivity contribution is 0.302. The Kier molecular flexibility index (Phi) is 5.19. The van der Waals surface area contributed by atoms with Crippen LogP contribution in [-0.4, -0.2) is 6.61 Å². The van der Waals surface area contributed by atoms with E-state index in [-0.39, 0.29) is 6.04 Å². The molecule has 0 spiro atoms. The lowest BCUT2D eigenvalue weighted by atomic mass is 10.1. The Balaban J connectivity index is 2.52. The Morgan fingerprint density at radius 2 is 2.00 bits per heavy atom. The molecule has 0 bridgehead atoms. The van der Waals surface area contributed by atoms with Gasteiger partial charge in [0.25, 0.3) is 0 Å². The number of ether oxygens (including phenoxy) is 1. The van der Waals surface area contributed by atoms with Gasteiger partial charge in [-0.1, -0.05) is 38.0 Å². The molecule has 0 aliphatic carbocycles. The smallest absolute Gasteiger partial charge is 0.124 e. The summed E-state index contributed by atoms with van der Waals surface area (Å²) in [6.07, 6.45) is 3.56. The van der Waals surface area contributed by atoms with Crippen molar-refractivity contribution in [1.82, 2.24) is 0 Å². The average molecular weight is 207 g/mol.